The fourth-order valence-electron chi connectivity index (χ4n) is 5.59. The average molecular weight is 683 g/mol. The van der Waals surface area contributed by atoms with E-state index in [0.29, 0.717) is 42.0 Å². The summed E-state index contributed by atoms with van der Waals surface area (Å²) in [7, 11) is 1.60. The number of anilines is 3. The molecular weight excluding hydrogens is 639 g/mol. The third-order valence-corrected chi connectivity index (χ3v) is 7.80. The number of methoxy groups -OCH3 is 1. The first-order valence-corrected chi connectivity index (χ1v) is 16.0. The van der Waals surface area contributed by atoms with Crippen LogP contribution >= 0.6 is 0 Å². The fourth-order valence-corrected chi connectivity index (χ4v) is 5.59. The highest BCUT2D eigenvalue weighted by Crippen LogP contribution is 2.42. The highest BCUT2D eigenvalue weighted by molar-refractivity contribution is 6.05. The van der Waals surface area contributed by atoms with Gasteiger partial charge in [-0.25, -0.2) is 28.7 Å². The van der Waals surface area contributed by atoms with E-state index in [2.05, 4.69) is 25.9 Å². The van der Waals surface area contributed by atoms with E-state index in [4.69, 9.17) is 23.7 Å². The van der Waals surface area contributed by atoms with Crippen LogP contribution in [0.4, 0.5) is 36.0 Å². The molecule has 1 saturated heterocycles. The topological polar surface area (TPSA) is 162 Å². The molecule has 0 unspecified atom stereocenters. The molecule has 1 aromatic carbocycles. The Hall–Kier alpha value is -4.76. The number of benzene rings is 1. The van der Waals surface area contributed by atoms with Crippen molar-refractivity contribution < 1.29 is 42.5 Å². The second kappa shape index (κ2) is 14.0. The zero-order valence-corrected chi connectivity index (χ0v) is 29.0. The van der Waals surface area contributed by atoms with Gasteiger partial charge in [-0.1, -0.05) is 0 Å². The first kappa shape index (κ1) is 35.5. The number of carbonyl (C=O) groups excluding carboxylic acids is 3. The van der Waals surface area contributed by atoms with Crippen LogP contribution in [-0.4, -0.2) is 85.5 Å². The van der Waals surface area contributed by atoms with Crippen LogP contribution in [0.1, 0.15) is 47.1 Å². The van der Waals surface area contributed by atoms with Crippen LogP contribution in [0.15, 0.2) is 24.5 Å². The Morgan fingerprint density at radius 3 is 2.43 bits per heavy atom. The normalized spacial score (nSPS) is 17.6. The molecule has 0 radical (unpaired) electrons. The number of ether oxygens (including phenoxy) is 5. The molecule has 2 atom stereocenters. The molecule has 0 bridgehead atoms. The number of nitrogens with zero attached hydrogens (tertiary/aromatic N) is 3. The van der Waals surface area contributed by atoms with Crippen LogP contribution in [0.3, 0.4) is 0 Å². The van der Waals surface area contributed by atoms with E-state index in [-0.39, 0.29) is 53.5 Å². The van der Waals surface area contributed by atoms with Gasteiger partial charge in [-0.2, -0.15) is 0 Å². The molecule has 264 valence electrons. The number of fused-ring (bicyclic) bond motifs is 2. The van der Waals surface area contributed by atoms with Crippen molar-refractivity contribution in [3.8, 4) is 17.0 Å². The molecule has 1 fully saturated rings. The Kier molecular flexibility index (Phi) is 10.2. The summed E-state index contributed by atoms with van der Waals surface area (Å²) in [6.07, 6.45) is 1.21. The van der Waals surface area contributed by atoms with E-state index in [1.54, 1.807) is 67.7 Å². The number of halogens is 1. The van der Waals surface area contributed by atoms with Crippen LogP contribution in [0.25, 0.3) is 21.9 Å². The lowest BCUT2D eigenvalue weighted by atomic mass is 9.96. The van der Waals surface area contributed by atoms with Crippen LogP contribution in [0.2, 0.25) is 0 Å². The quantitative estimate of drug-likeness (QED) is 0.281. The first-order valence-electron chi connectivity index (χ1n) is 16.0. The van der Waals surface area contributed by atoms with Crippen molar-refractivity contribution in [1.82, 2.24) is 15.3 Å². The lowest BCUT2D eigenvalue weighted by Gasteiger charge is -2.32. The molecule has 3 aromatic rings. The summed E-state index contributed by atoms with van der Waals surface area (Å²) in [5, 5.41) is 8.76. The van der Waals surface area contributed by atoms with Gasteiger partial charge in [0.15, 0.2) is 5.82 Å². The van der Waals surface area contributed by atoms with Crippen molar-refractivity contribution >= 4 is 46.2 Å². The summed E-state index contributed by atoms with van der Waals surface area (Å²) in [5.74, 6) is -0.399. The smallest absolute Gasteiger partial charge is 0.415 e. The summed E-state index contributed by atoms with van der Waals surface area (Å²) in [6.45, 7) is 13.7. The number of urea groups is 1. The Morgan fingerprint density at radius 2 is 1.73 bits per heavy atom. The number of hydrogen-bond donors (Lipinski definition) is 3. The number of carbonyl (C=O) groups is 3. The van der Waals surface area contributed by atoms with Gasteiger partial charge in [0, 0.05) is 48.5 Å². The summed E-state index contributed by atoms with van der Waals surface area (Å²) < 4.78 is 44.3. The molecule has 4 amide bonds. The zero-order valence-electron chi connectivity index (χ0n) is 29.0. The van der Waals surface area contributed by atoms with E-state index in [9.17, 15) is 14.4 Å². The van der Waals surface area contributed by atoms with Crippen molar-refractivity contribution in [3.05, 3.63) is 35.9 Å². The molecule has 3 N–H and O–H groups in total. The minimum atomic E-state index is -0.874. The molecule has 4 heterocycles. The fraction of sp³-hybridized carbons (Fsp3) is 0.500. The highest BCUT2D eigenvalue weighted by atomic mass is 19.1. The lowest BCUT2D eigenvalue weighted by Crippen LogP contribution is -2.42. The molecular formula is C34H43FN6O8. The van der Waals surface area contributed by atoms with Crippen LogP contribution < -0.4 is 25.6 Å². The van der Waals surface area contributed by atoms with Gasteiger partial charge in [0.1, 0.15) is 29.3 Å². The number of hydrogen-bond acceptors (Lipinski definition) is 10. The standard InChI is InChI=1S/C34H43FN6O8/c1-18-22(14-37-29-28(18)41(9-10-47-29)32(44)49-34(5,6)7)21-11-19-12-25(39-30(42)38-13-20-16-46-17-24(20)45-8)36-15-23(19)27(26(21)35)40-31(43)48-33(2,3)4/h11-12,14-15,20,24H,9-10,13,16-17H2,1-8H3,(H,40,43)(H2,36,38,39,42)/t20-,24+/m0/s1. The minimum Gasteiger partial charge on any atom is -0.474 e. The maximum absolute atomic E-state index is 16.6. The van der Waals surface area contributed by atoms with Crippen LogP contribution in [-0.2, 0) is 18.9 Å². The summed E-state index contributed by atoms with van der Waals surface area (Å²) in [6, 6.07) is 2.62. The molecule has 49 heavy (non-hydrogen) atoms. The number of pyridine rings is 2. The van der Waals surface area contributed by atoms with Crippen molar-refractivity contribution in [3.63, 3.8) is 0 Å². The summed E-state index contributed by atoms with van der Waals surface area (Å²) in [4.78, 5) is 49.1. The molecule has 2 aliphatic heterocycles. The van der Waals surface area contributed by atoms with Gasteiger partial charge < -0.3 is 29.0 Å². The average Bonchev–Trinajstić information content (AvgIpc) is 3.47. The second-order valence-electron chi connectivity index (χ2n) is 13.9. The Morgan fingerprint density at radius 1 is 1.00 bits per heavy atom. The predicted octanol–water partition coefficient (Wildman–Crippen LogP) is 6.01. The van der Waals surface area contributed by atoms with E-state index in [1.165, 1.54) is 17.3 Å². The SMILES string of the molecule is CO[C@@H]1COC[C@@H]1CNC(=O)Nc1cc2cc(-c3cnc4c(c3C)N(C(=O)OC(C)(C)C)CCO4)c(F)c(NC(=O)OC(C)(C)C)c2cn1. The molecule has 2 aliphatic rings. The lowest BCUT2D eigenvalue weighted by molar-refractivity contribution is 0.0564. The summed E-state index contributed by atoms with van der Waals surface area (Å²) >= 11 is 0. The maximum Gasteiger partial charge on any atom is 0.415 e. The highest BCUT2D eigenvalue weighted by Gasteiger charge is 2.33. The Bertz CT molecular complexity index is 1760. The molecule has 14 nitrogen and oxygen atoms in total. The second-order valence-corrected chi connectivity index (χ2v) is 13.9. The van der Waals surface area contributed by atoms with E-state index >= 15 is 4.39 Å². The molecule has 0 saturated carbocycles. The van der Waals surface area contributed by atoms with Gasteiger partial charge in [-0.3, -0.25) is 15.5 Å². The van der Waals surface area contributed by atoms with E-state index in [0.717, 1.165) is 0 Å². The van der Waals surface area contributed by atoms with E-state index in [1.807, 2.05) is 0 Å². The number of rotatable bonds is 6. The number of nitrogens with one attached hydrogen (secondary N) is 3. The van der Waals surface area contributed by atoms with Crippen LogP contribution in [0, 0.1) is 18.7 Å². The Labute approximate surface area is 284 Å². The molecule has 0 spiro atoms. The number of aromatic nitrogens is 2. The largest absolute Gasteiger partial charge is 0.474 e. The van der Waals surface area contributed by atoms with Crippen LogP contribution in [0.5, 0.6) is 5.88 Å². The molecule has 5 rings (SSSR count). The van der Waals surface area contributed by atoms with Gasteiger partial charge >= 0.3 is 18.2 Å². The van der Waals surface area contributed by atoms with Gasteiger partial charge in [0.2, 0.25) is 5.88 Å². The monoisotopic (exact) mass is 682 g/mol. The molecule has 15 heteroatoms. The van der Waals surface area contributed by atoms with E-state index < -0.39 is 35.2 Å². The van der Waals surface area contributed by atoms with Crippen molar-refractivity contribution in [2.45, 2.75) is 65.8 Å². The zero-order chi connectivity index (χ0) is 35.7. The van der Waals surface area contributed by atoms with Crippen molar-refractivity contribution in [2.75, 3.05) is 55.6 Å². The Balaban J connectivity index is 1.54. The maximum atomic E-state index is 16.6. The van der Waals surface area contributed by atoms with Gasteiger partial charge in [-0.05, 0) is 71.5 Å². The summed E-state index contributed by atoms with van der Waals surface area (Å²) in [5.41, 5.74) is -0.557. The van der Waals surface area contributed by atoms with Crippen molar-refractivity contribution in [1.29, 1.82) is 0 Å². The third kappa shape index (κ3) is 8.28. The predicted molar refractivity (Wildman–Crippen MR) is 181 cm³/mol. The molecule has 2 aromatic heterocycles. The molecule has 0 aliphatic carbocycles. The van der Waals surface area contributed by atoms with Gasteiger partial charge in [-0.15, -0.1) is 0 Å². The minimum absolute atomic E-state index is 0.00237. The third-order valence-electron chi connectivity index (χ3n) is 7.80. The number of amides is 4. The van der Waals surface area contributed by atoms with Crippen molar-refractivity contribution in [2.24, 2.45) is 5.92 Å². The van der Waals surface area contributed by atoms with Gasteiger partial charge in [0.05, 0.1) is 31.5 Å². The van der Waals surface area contributed by atoms with Gasteiger partial charge in [0.25, 0.3) is 0 Å². The first-order chi connectivity index (χ1) is 23.0.